The molecule has 170 valence electrons. The number of nitrogens with one attached hydrogen (secondary N) is 1. The molecule has 2 aliphatic rings. The van der Waals surface area contributed by atoms with E-state index in [1.165, 1.54) is 10.9 Å². The number of benzene rings is 1. The fourth-order valence-corrected chi connectivity index (χ4v) is 5.02. The number of hydrogen-bond acceptors (Lipinski definition) is 5. The topological polar surface area (TPSA) is 102 Å². The van der Waals surface area contributed by atoms with Gasteiger partial charge < -0.3 is 14.6 Å². The molecule has 3 heterocycles. The minimum Gasteiger partial charge on any atom is -0.376 e. The summed E-state index contributed by atoms with van der Waals surface area (Å²) in [5.74, 6) is 0.174. The van der Waals surface area contributed by atoms with Gasteiger partial charge in [0.15, 0.2) is 0 Å². The van der Waals surface area contributed by atoms with Crippen LogP contribution in [0.1, 0.15) is 48.1 Å². The van der Waals surface area contributed by atoms with Crippen LogP contribution < -0.4 is 10.9 Å². The summed E-state index contributed by atoms with van der Waals surface area (Å²) >= 11 is 0. The van der Waals surface area contributed by atoms with Gasteiger partial charge in [0, 0.05) is 12.3 Å². The monoisotopic (exact) mass is 445 g/mol. The molecule has 1 aromatic carbocycles. The van der Waals surface area contributed by atoms with Crippen LogP contribution in [0.15, 0.2) is 29.3 Å². The van der Waals surface area contributed by atoms with Gasteiger partial charge in [-0.25, -0.2) is 4.98 Å². The third-order valence-corrected chi connectivity index (χ3v) is 6.65. The molecule has 1 amide bonds. The summed E-state index contributed by atoms with van der Waals surface area (Å²) in [6, 6.07) is 7.81. The van der Waals surface area contributed by atoms with Crippen molar-refractivity contribution in [2.24, 2.45) is 0 Å². The predicted octanol–water partition coefficient (Wildman–Crippen LogP) is 3.07. The molecule has 8 nitrogen and oxygen atoms in total. The number of aromatic nitrogens is 3. The summed E-state index contributed by atoms with van der Waals surface area (Å²) in [5, 5.41) is 13.4. The number of fused-ring (bicyclic) bond motifs is 2. The van der Waals surface area contributed by atoms with Gasteiger partial charge in [-0.2, -0.15) is 5.26 Å². The molecule has 1 aliphatic heterocycles. The zero-order valence-electron chi connectivity index (χ0n) is 18.8. The van der Waals surface area contributed by atoms with Gasteiger partial charge in [0.05, 0.1) is 35.4 Å². The Balaban J connectivity index is 1.46. The van der Waals surface area contributed by atoms with Crippen molar-refractivity contribution in [1.29, 1.82) is 5.26 Å². The molecule has 5 rings (SSSR count). The Hall–Kier alpha value is -3.44. The number of anilines is 1. The number of nitriles is 1. The summed E-state index contributed by atoms with van der Waals surface area (Å²) in [5.41, 5.74) is 4.01. The Morgan fingerprint density at radius 1 is 1.30 bits per heavy atom. The molecular weight excluding hydrogens is 418 g/mol. The van der Waals surface area contributed by atoms with Crippen LogP contribution in [-0.4, -0.2) is 32.7 Å². The third-order valence-electron chi connectivity index (χ3n) is 6.65. The number of aryl methyl sites for hydroxylation is 1. The zero-order valence-corrected chi connectivity index (χ0v) is 18.8. The number of carbonyl (C=O) groups excluding carboxylic acids is 1. The van der Waals surface area contributed by atoms with E-state index < -0.39 is 0 Å². The quantitative estimate of drug-likeness (QED) is 0.650. The lowest BCUT2D eigenvalue weighted by atomic mass is 9.95. The Kier molecular flexibility index (Phi) is 5.73. The van der Waals surface area contributed by atoms with Crippen LogP contribution >= 0.6 is 0 Å². The van der Waals surface area contributed by atoms with E-state index in [4.69, 9.17) is 4.74 Å². The molecule has 1 unspecified atom stereocenters. The number of hydrogen-bond donors (Lipinski definition) is 1. The highest BCUT2D eigenvalue weighted by Gasteiger charge is 2.28. The van der Waals surface area contributed by atoms with E-state index in [9.17, 15) is 14.9 Å². The number of carbonyl (C=O) groups is 1. The first-order chi connectivity index (χ1) is 16.0. The van der Waals surface area contributed by atoms with Crippen molar-refractivity contribution in [3.05, 3.63) is 57.3 Å². The molecule has 1 aliphatic carbocycles. The van der Waals surface area contributed by atoms with Gasteiger partial charge >= 0.3 is 0 Å². The highest BCUT2D eigenvalue weighted by atomic mass is 16.5. The lowest BCUT2D eigenvalue weighted by molar-refractivity contribution is -0.116. The lowest BCUT2D eigenvalue weighted by Gasteiger charge is -2.20. The molecule has 0 radical (unpaired) electrons. The van der Waals surface area contributed by atoms with E-state index in [1.54, 1.807) is 12.1 Å². The lowest BCUT2D eigenvalue weighted by Crippen LogP contribution is -2.29. The average Bonchev–Trinajstić information content (AvgIpc) is 3.43. The largest absolute Gasteiger partial charge is 0.376 e. The molecule has 0 saturated carbocycles. The summed E-state index contributed by atoms with van der Waals surface area (Å²) in [4.78, 5) is 30.3. The van der Waals surface area contributed by atoms with Crippen LogP contribution in [0, 0.1) is 18.3 Å². The first kappa shape index (κ1) is 21.4. The molecular formula is C25H27N5O3. The molecule has 1 atom stereocenters. The van der Waals surface area contributed by atoms with Gasteiger partial charge in [-0.3, -0.25) is 14.2 Å². The van der Waals surface area contributed by atoms with Crippen LogP contribution in [0.2, 0.25) is 0 Å². The zero-order chi connectivity index (χ0) is 22.9. The molecule has 3 aromatic rings. The van der Waals surface area contributed by atoms with Gasteiger partial charge in [0.1, 0.15) is 18.4 Å². The van der Waals surface area contributed by atoms with Gasteiger partial charge in [0.25, 0.3) is 5.56 Å². The van der Waals surface area contributed by atoms with E-state index >= 15 is 0 Å². The molecule has 33 heavy (non-hydrogen) atoms. The summed E-state index contributed by atoms with van der Waals surface area (Å²) in [7, 11) is 0. The van der Waals surface area contributed by atoms with Crippen LogP contribution in [-0.2, 0) is 35.5 Å². The summed E-state index contributed by atoms with van der Waals surface area (Å²) in [6.07, 6.45) is 7.32. The second kappa shape index (κ2) is 8.83. The molecule has 0 spiro atoms. The van der Waals surface area contributed by atoms with Crippen molar-refractivity contribution in [3.8, 4) is 6.07 Å². The number of rotatable bonds is 5. The molecule has 2 aromatic heterocycles. The van der Waals surface area contributed by atoms with Gasteiger partial charge in [0.2, 0.25) is 5.91 Å². The Morgan fingerprint density at radius 3 is 2.94 bits per heavy atom. The third kappa shape index (κ3) is 4.05. The maximum absolute atomic E-state index is 13.1. The van der Waals surface area contributed by atoms with Crippen molar-refractivity contribution in [2.45, 2.75) is 64.6 Å². The highest BCUT2D eigenvalue weighted by molar-refractivity contribution is 5.92. The van der Waals surface area contributed by atoms with E-state index in [2.05, 4.69) is 20.9 Å². The smallest absolute Gasteiger partial charge is 0.261 e. The van der Waals surface area contributed by atoms with Gasteiger partial charge in [-0.15, -0.1) is 0 Å². The normalized spacial score (nSPS) is 17.6. The van der Waals surface area contributed by atoms with Crippen molar-refractivity contribution >= 4 is 22.6 Å². The second-order valence-electron chi connectivity index (χ2n) is 8.96. The Labute approximate surface area is 191 Å². The second-order valence-corrected chi connectivity index (χ2v) is 8.96. The fourth-order valence-electron chi connectivity index (χ4n) is 5.02. The first-order valence-electron chi connectivity index (χ1n) is 11.6. The van der Waals surface area contributed by atoms with Gasteiger partial charge in [-0.05, 0) is 63.1 Å². The SMILES string of the molecule is Cc1ccc2ncn(CC(=O)Nc3c(C#N)c4c(n3CC3CCCO3)CCCC4)c(=O)c2c1. The van der Waals surface area contributed by atoms with Crippen molar-refractivity contribution in [2.75, 3.05) is 11.9 Å². The number of ether oxygens (including phenoxy) is 1. The fraction of sp³-hybridized carbons (Fsp3) is 0.440. The summed E-state index contributed by atoms with van der Waals surface area (Å²) < 4.78 is 9.23. The maximum Gasteiger partial charge on any atom is 0.261 e. The van der Waals surface area contributed by atoms with E-state index in [1.807, 2.05) is 13.0 Å². The molecule has 1 N–H and O–H groups in total. The van der Waals surface area contributed by atoms with Crippen LogP contribution in [0.3, 0.4) is 0 Å². The van der Waals surface area contributed by atoms with Crippen LogP contribution in [0.5, 0.6) is 0 Å². The minimum absolute atomic E-state index is 0.0844. The van der Waals surface area contributed by atoms with Crippen LogP contribution in [0.4, 0.5) is 5.82 Å². The Morgan fingerprint density at radius 2 is 2.15 bits per heavy atom. The van der Waals surface area contributed by atoms with E-state index in [0.717, 1.165) is 62.0 Å². The minimum atomic E-state index is -0.356. The summed E-state index contributed by atoms with van der Waals surface area (Å²) in [6.45, 7) is 3.11. The van der Waals surface area contributed by atoms with E-state index in [-0.39, 0.29) is 24.1 Å². The van der Waals surface area contributed by atoms with Gasteiger partial charge in [-0.1, -0.05) is 11.6 Å². The molecule has 0 bridgehead atoms. The average molecular weight is 446 g/mol. The van der Waals surface area contributed by atoms with Crippen molar-refractivity contribution in [3.63, 3.8) is 0 Å². The van der Waals surface area contributed by atoms with E-state index in [0.29, 0.717) is 28.8 Å². The molecule has 1 fully saturated rings. The standard InChI is InChI=1S/C25H27N5O3/c1-16-8-9-21-19(11-16)25(32)29(15-27-21)14-23(31)28-24-20(12-26)18-6-2-3-7-22(18)30(24)13-17-5-4-10-33-17/h8-9,11,15,17H,2-7,10,13-14H2,1H3,(H,28,31). The number of amides is 1. The first-order valence-corrected chi connectivity index (χ1v) is 11.6. The maximum atomic E-state index is 13.1. The van der Waals surface area contributed by atoms with Crippen molar-refractivity contribution < 1.29 is 9.53 Å². The van der Waals surface area contributed by atoms with Crippen molar-refractivity contribution in [1.82, 2.24) is 14.1 Å². The van der Waals surface area contributed by atoms with Crippen LogP contribution in [0.25, 0.3) is 10.9 Å². The Bertz CT molecular complexity index is 1320. The predicted molar refractivity (Wildman–Crippen MR) is 124 cm³/mol. The molecule has 1 saturated heterocycles. The number of nitrogens with zero attached hydrogens (tertiary/aromatic N) is 4. The highest BCUT2D eigenvalue weighted by Crippen LogP contribution is 2.34. The molecule has 8 heteroatoms.